The van der Waals surface area contributed by atoms with Crippen LogP contribution in [0.3, 0.4) is 0 Å². The zero-order valence-electron chi connectivity index (χ0n) is 9.70. The second-order valence-corrected chi connectivity index (χ2v) is 3.83. The highest BCUT2D eigenvalue weighted by atomic mass is 16.2. The van der Waals surface area contributed by atoms with Gasteiger partial charge in [0, 0.05) is 40.5 Å². The molecule has 0 rings (SSSR count). The molecule has 14 heavy (non-hydrogen) atoms. The maximum absolute atomic E-state index is 11.6. The molecule has 0 N–H and O–H groups in total. The second-order valence-electron chi connectivity index (χ2n) is 3.83. The van der Waals surface area contributed by atoms with Crippen LogP contribution in [-0.2, 0) is 9.59 Å². The van der Waals surface area contributed by atoms with E-state index in [1.54, 1.807) is 28.2 Å². The quantitative estimate of drug-likeness (QED) is 0.666. The van der Waals surface area contributed by atoms with Crippen molar-refractivity contribution in [2.24, 2.45) is 5.92 Å². The van der Waals surface area contributed by atoms with Crippen LogP contribution in [0.2, 0.25) is 0 Å². The van der Waals surface area contributed by atoms with Crippen molar-refractivity contribution in [1.29, 1.82) is 0 Å². The predicted molar refractivity (Wildman–Crippen MR) is 55.8 cm³/mol. The van der Waals surface area contributed by atoms with Crippen molar-refractivity contribution in [3.8, 4) is 0 Å². The van der Waals surface area contributed by atoms with Gasteiger partial charge in [0.2, 0.25) is 11.8 Å². The van der Waals surface area contributed by atoms with E-state index in [-0.39, 0.29) is 17.7 Å². The molecule has 2 amide bonds. The van der Waals surface area contributed by atoms with Crippen LogP contribution in [-0.4, -0.2) is 49.8 Å². The minimum Gasteiger partial charge on any atom is -0.349 e. The second kappa shape index (κ2) is 5.62. The molecule has 4 nitrogen and oxygen atoms in total. The van der Waals surface area contributed by atoms with Gasteiger partial charge in [-0.3, -0.25) is 9.59 Å². The van der Waals surface area contributed by atoms with E-state index in [9.17, 15) is 9.59 Å². The van der Waals surface area contributed by atoms with Crippen molar-refractivity contribution in [2.75, 3.05) is 28.2 Å². The Bertz CT molecular complexity index is 212. The topological polar surface area (TPSA) is 40.6 Å². The van der Waals surface area contributed by atoms with E-state index in [1.165, 1.54) is 9.80 Å². The Morgan fingerprint density at radius 1 is 1.07 bits per heavy atom. The van der Waals surface area contributed by atoms with Gasteiger partial charge in [-0.2, -0.15) is 0 Å². The molecular weight excluding hydrogens is 180 g/mol. The van der Waals surface area contributed by atoms with Crippen LogP contribution >= 0.6 is 0 Å². The maximum Gasteiger partial charge on any atom is 0.225 e. The SMILES string of the molecule is CCC(CC(=O)N(C)C)C(=O)N(C)C. The molecule has 0 aliphatic rings. The lowest BCUT2D eigenvalue weighted by Crippen LogP contribution is -2.33. The summed E-state index contributed by atoms with van der Waals surface area (Å²) in [4.78, 5) is 26.0. The van der Waals surface area contributed by atoms with Crippen LogP contribution in [0.15, 0.2) is 0 Å². The van der Waals surface area contributed by atoms with E-state index in [2.05, 4.69) is 0 Å². The van der Waals surface area contributed by atoms with Gasteiger partial charge in [0.05, 0.1) is 0 Å². The fourth-order valence-corrected chi connectivity index (χ4v) is 1.16. The van der Waals surface area contributed by atoms with Gasteiger partial charge < -0.3 is 9.80 Å². The van der Waals surface area contributed by atoms with Crippen LogP contribution in [0.5, 0.6) is 0 Å². The molecule has 4 heteroatoms. The minimum absolute atomic E-state index is 0.00653. The van der Waals surface area contributed by atoms with Crippen molar-refractivity contribution in [3.05, 3.63) is 0 Å². The molecule has 1 unspecified atom stereocenters. The molecule has 0 saturated carbocycles. The molecule has 0 aliphatic carbocycles. The van der Waals surface area contributed by atoms with E-state index >= 15 is 0 Å². The Balaban J connectivity index is 4.30. The molecule has 0 radical (unpaired) electrons. The molecule has 0 aromatic carbocycles. The van der Waals surface area contributed by atoms with Crippen molar-refractivity contribution < 1.29 is 9.59 Å². The summed E-state index contributed by atoms with van der Waals surface area (Å²) >= 11 is 0. The Labute approximate surface area is 85.9 Å². The van der Waals surface area contributed by atoms with Crippen molar-refractivity contribution >= 4 is 11.8 Å². The molecule has 0 aromatic rings. The van der Waals surface area contributed by atoms with Crippen LogP contribution in [0.1, 0.15) is 19.8 Å². The highest BCUT2D eigenvalue weighted by molar-refractivity contribution is 5.85. The summed E-state index contributed by atoms with van der Waals surface area (Å²) < 4.78 is 0. The smallest absolute Gasteiger partial charge is 0.225 e. The summed E-state index contributed by atoms with van der Waals surface area (Å²) in [5.74, 6) is -0.144. The molecule has 82 valence electrons. The molecule has 1 atom stereocenters. The van der Waals surface area contributed by atoms with Crippen molar-refractivity contribution in [2.45, 2.75) is 19.8 Å². The van der Waals surface area contributed by atoms with Gasteiger partial charge >= 0.3 is 0 Å². The summed E-state index contributed by atoms with van der Waals surface area (Å²) in [5, 5.41) is 0. The van der Waals surface area contributed by atoms with E-state index in [1.807, 2.05) is 6.92 Å². The molecule has 0 aromatic heterocycles. The minimum atomic E-state index is -0.181. The Hall–Kier alpha value is -1.06. The Morgan fingerprint density at radius 3 is 1.86 bits per heavy atom. The first kappa shape index (κ1) is 12.9. The first-order valence-corrected chi connectivity index (χ1v) is 4.81. The molecule has 0 heterocycles. The average Bonchev–Trinajstić information content (AvgIpc) is 2.12. The third kappa shape index (κ3) is 3.77. The molecule has 0 spiro atoms. The summed E-state index contributed by atoms with van der Waals surface area (Å²) in [6, 6.07) is 0. The Morgan fingerprint density at radius 2 is 1.57 bits per heavy atom. The summed E-state index contributed by atoms with van der Waals surface area (Å²) in [6.45, 7) is 1.93. The third-order valence-electron chi connectivity index (χ3n) is 2.20. The van der Waals surface area contributed by atoms with Gasteiger partial charge in [-0.25, -0.2) is 0 Å². The first-order valence-electron chi connectivity index (χ1n) is 4.81. The standard InChI is InChI=1S/C10H20N2O2/c1-6-8(10(14)12(4)5)7-9(13)11(2)3/h8H,6-7H2,1-5H3. The third-order valence-corrected chi connectivity index (χ3v) is 2.20. The van der Waals surface area contributed by atoms with Gasteiger partial charge in [-0.05, 0) is 6.42 Å². The molecule has 0 saturated heterocycles. The Kier molecular flexibility index (Phi) is 5.20. The number of carbonyl (C=O) groups excluding carboxylic acids is 2. The normalized spacial score (nSPS) is 12.1. The molecule has 0 fully saturated rings. The zero-order valence-corrected chi connectivity index (χ0v) is 9.70. The van der Waals surface area contributed by atoms with Gasteiger partial charge in [-0.15, -0.1) is 0 Å². The summed E-state index contributed by atoms with van der Waals surface area (Å²) in [6.07, 6.45) is 1.01. The number of amides is 2. The zero-order chi connectivity index (χ0) is 11.3. The lowest BCUT2D eigenvalue weighted by atomic mass is 10.0. The van der Waals surface area contributed by atoms with Crippen LogP contribution in [0.25, 0.3) is 0 Å². The van der Waals surface area contributed by atoms with E-state index < -0.39 is 0 Å². The van der Waals surface area contributed by atoms with Gasteiger partial charge in [0.1, 0.15) is 0 Å². The highest BCUT2D eigenvalue weighted by Gasteiger charge is 2.21. The highest BCUT2D eigenvalue weighted by Crippen LogP contribution is 2.11. The number of carbonyl (C=O) groups is 2. The van der Waals surface area contributed by atoms with Crippen LogP contribution in [0, 0.1) is 5.92 Å². The summed E-state index contributed by atoms with van der Waals surface area (Å²) in [5.41, 5.74) is 0. The lowest BCUT2D eigenvalue weighted by Gasteiger charge is -2.20. The first-order chi connectivity index (χ1) is 6.40. The maximum atomic E-state index is 11.6. The molecular formula is C10H20N2O2. The van der Waals surface area contributed by atoms with Crippen molar-refractivity contribution in [1.82, 2.24) is 9.80 Å². The van der Waals surface area contributed by atoms with Gasteiger partial charge in [-0.1, -0.05) is 6.92 Å². The molecule has 0 aliphatic heterocycles. The average molecular weight is 200 g/mol. The number of nitrogens with zero attached hydrogens (tertiary/aromatic N) is 2. The number of hydrogen-bond donors (Lipinski definition) is 0. The number of hydrogen-bond acceptors (Lipinski definition) is 2. The molecule has 0 bridgehead atoms. The lowest BCUT2D eigenvalue weighted by molar-refractivity contribution is -0.138. The fraction of sp³-hybridized carbons (Fsp3) is 0.800. The monoisotopic (exact) mass is 200 g/mol. The largest absolute Gasteiger partial charge is 0.349 e. The van der Waals surface area contributed by atoms with E-state index in [0.29, 0.717) is 12.8 Å². The van der Waals surface area contributed by atoms with E-state index in [0.717, 1.165) is 0 Å². The van der Waals surface area contributed by atoms with E-state index in [4.69, 9.17) is 0 Å². The van der Waals surface area contributed by atoms with Crippen LogP contribution in [0.4, 0.5) is 0 Å². The van der Waals surface area contributed by atoms with Crippen LogP contribution < -0.4 is 0 Å². The predicted octanol–water partition coefficient (Wildman–Crippen LogP) is 0.579. The summed E-state index contributed by atoms with van der Waals surface area (Å²) in [7, 11) is 6.83. The van der Waals surface area contributed by atoms with Gasteiger partial charge in [0.15, 0.2) is 0 Å². The fourth-order valence-electron chi connectivity index (χ4n) is 1.16. The van der Waals surface area contributed by atoms with Gasteiger partial charge in [0.25, 0.3) is 0 Å². The van der Waals surface area contributed by atoms with Crippen molar-refractivity contribution in [3.63, 3.8) is 0 Å². The number of rotatable bonds is 4.